The Morgan fingerprint density at radius 2 is 1.07 bits per heavy atom. The summed E-state index contributed by atoms with van der Waals surface area (Å²) in [5, 5.41) is 0. The van der Waals surface area contributed by atoms with Crippen LogP contribution in [-0.4, -0.2) is 30.9 Å². The molecule has 0 saturated carbocycles. The molecule has 2 aromatic carbocycles. The lowest BCUT2D eigenvalue weighted by molar-refractivity contribution is 0.0760. The predicted octanol–water partition coefficient (Wildman–Crippen LogP) is 8.09. The van der Waals surface area contributed by atoms with Crippen molar-refractivity contribution in [3.8, 4) is 0 Å². The van der Waals surface area contributed by atoms with E-state index in [1.807, 2.05) is 53.9 Å². The summed E-state index contributed by atoms with van der Waals surface area (Å²) in [6.07, 6.45) is 6.95. The molecule has 43 heavy (non-hydrogen) atoms. The van der Waals surface area contributed by atoms with E-state index in [9.17, 15) is 9.59 Å². The molecule has 0 saturated heterocycles. The number of carbonyl (C=O) groups is 2. The van der Waals surface area contributed by atoms with E-state index in [0.29, 0.717) is 13.2 Å². The fourth-order valence-corrected chi connectivity index (χ4v) is 5.37. The number of imidazole rings is 2. The van der Waals surface area contributed by atoms with Crippen LogP contribution in [0.5, 0.6) is 0 Å². The Bertz CT molecular complexity index is 1490. The van der Waals surface area contributed by atoms with Crippen LogP contribution < -0.4 is 0 Å². The minimum absolute atomic E-state index is 0.0244. The van der Waals surface area contributed by atoms with Crippen LogP contribution in [0.1, 0.15) is 122 Å². The molecule has 4 aromatic rings. The summed E-state index contributed by atoms with van der Waals surface area (Å²) in [7, 11) is 0. The van der Waals surface area contributed by atoms with Crippen molar-refractivity contribution in [1.82, 2.24) is 19.1 Å². The highest BCUT2D eigenvalue weighted by Crippen LogP contribution is 2.30. The summed E-state index contributed by atoms with van der Waals surface area (Å²) < 4.78 is 9.46. The number of hydrogen-bond acceptors (Lipinski definition) is 5. The number of hydrogen-bond donors (Lipinski definition) is 0. The number of carbonyl (C=O) groups excluding carboxylic acids is 2. The van der Waals surface area contributed by atoms with E-state index < -0.39 is 10.8 Å². The third-order valence-corrected chi connectivity index (χ3v) is 8.27. The van der Waals surface area contributed by atoms with Gasteiger partial charge in [-0.1, -0.05) is 91.8 Å². The van der Waals surface area contributed by atoms with Gasteiger partial charge in [0.2, 0.25) is 11.8 Å². The van der Waals surface area contributed by atoms with Crippen LogP contribution in [0.2, 0.25) is 0 Å². The van der Waals surface area contributed by atoms with Gasteiger partial charge in [-0.05, 0) is 47.2 Å². The minimum atomic E-state index is -0.472. The van der Waals surface area contributed by atoms with Gasteiger partial charge in [0.15, 0.2) is 0 Å². The van der Waals surface area contributed by atoms with E-state index in [0.717, 1.165) is 22.5 Å². The van der Waals surface area contributed by atoms with Gasteiger partial charge in [-0.25, -0.2) is 9.97 Å². The zero-order valence-corrected chi connectivity index (χ0v) is 27.4. The van der Waals surface area contributed by atoms with E-state index in [2.05, 4.69) is 74.1 Å². The van der Waals surface area contributed by atoms with Crippen LogP contribution in [0.25, 0.3) is 0 Å². The highest BCUT2D eigenvalue weighted by atomic mass is 16.5. The molecule has 0 amide bonds. The van der Waals surface area contributed by atoms with Crippen LogP contribution in [0.4, 0.5) is 0 Å². The van der Waals surface area contributed by atoms with Gasteiger partial charge in [0.25, 0.3) is 0 Å². The molecular formula is C36H46N4O3. The fourth-order valence-electron chi connectivity index (χ4n) is 5.37. The van der Waals surface area contributed by atoms with Crippen molar-refractivity contribution < 1.29 is 14.3 Å². The molecule has 0 unspecified atom stereocenters. The predicted molar refractivity (Wildman–Crippen MR) is 171 cm³/mol. The average molecular weight is 583 g/mol. The molecule has 2 atom stereocenters. The maximum atomic E-state index is 12.7. The molecule has 0 bridgehead atoms. The molecule has 0 radical (unpaired) electrons. The van der Waals surface area contributed by atoms with Crippen molar-refractivity contribution in [2.45, 2.75) is 94.3 Å². The van der Waals surface area contributed by atoms with Gasteiger partial charge >= 0.3 is 0 Å². The lowest BCUT2D eigenvalue weighted by Gasteiger charge is -2.18. The molecule has 2 heterocycles. The van der Waals surface area contributed by atoms with Gasteiger partial charge in [-0.2, -0.15) is 0 Å². The van der Waals surface area contributed by atoms with Gasteiger partial charge < -0.3 is 4.74 Å². The summed E-state index contributed by atoms with van der Waals surface area (Å²) in [6, 6.07) is 12.6. The number of nitrogens with zero attached hydrogens (tertiary/aromatic N) is 4. The first kappa shape index (κ1) is 32.1. The number of aromatic nitrogens is 4. The Kier molecular flexibility index (Phi) is 9.26. The summed E-state index contributed by atoms with van der Waals surface area (Å²) in [5.74, 6) is 0.126. The maximum absolute atomic E-state index is 12.7. The second kappa shape index (κ2) is 12.4. The zero-order chi connectivity index (χ0) is 31.7. The molecular weight excluding hydrogens is 536 g/mol. The van der Waals surface area contributed by atoms with Gasteiger partial charge in [0.05, 0.1) is 24.6 Å². The van der Waals surface area contributed by atoms with Crippen LogP contribution in [0, 0.1) is 24.7 Å². The Hall–Kier alpha value is -3.84. The third kappa shape index (κ3) is 7.04. The number of benzene rings is 2. The molecule has 4 rings (SSSR count). The molecule has 0 fully saturated rings. The van der Waals surface area contributed by atoms with Crippen molar-refractivity contribution in [3.05, 3.63) is 106 Å². The SMILES string of the molecule is Cc1c(COCc2cccc([C@H](C)c3cn(C(=O)C(C)(C)C)cn3)c2C)cccc1[C@H](C)c1cn(C(=O)C(C)(C)C)cn1. The highest BCUT2D eigenvalue weighted by Gasteiger charge is 2.26. The monoisotopic (exact) mass is 582 g/mol. The molecule has 0 aliphatic heterocycles. The normalized spacial score (nSPS) is 13.6. The third-order valence-electron chi connectivity index (χ3n) is 8.27. The smallest absolute Gasteiger partial charge is 0.237 e. The van der Waals surface area contributed by atoms with Crippen molar-refractivity contribution in [2.24, 2.45) is 10.8 Å². The number of rotatable bonds is 8. The zero-order valence-electron chi connectivity index (χ0n) is 27.4. The Labute approximate surface area is 256 Å². The number of ether oxygens (including phenoxy) is 1. The first-order valence-corrected chi connectivity index (χ1v) is 15.0. The molecule has 0 N–H and O–H groups in total. The van der Waals surface area contributed by atoms with E-state index in [4.69, 9.17) is 4.74 Å². The molecule has 0 aliphatic carbocycles. The second-order valence-electron chi connectivity index (χ2n) is 13.7. The van der Waals surface area contributed by atoms with Gasteiger partial charge in [0, 0.05) is 35.1 Å². The van der Waals surface area contributed by atoms with Crippen molar-refractivity contribution in [2.75, 3.05) is 0 Å². The van der Waals surface area contributed by atoms with Gasteiger partial charge in [-0.15, -0.1) is 0 Å². The molecule has 228 valence electrons. The second-order valence-corrected chi connectivity index (χ2v) is 13.7. The van der Waals surface area contributed by atoms with Crippen molar-refractivity contribution >= 4 is 11.8 Å². The van der Waals surface area contributed by atoms with Gasteiger partial charge in [-0.3, -0.25) is 18.7 Å². The Balaban J connectivity index is 1.45. The van der Waals surface area contributed by atoms with Crippen molar-refractivity contribution in [1.29, 1.82) is 0 Å². The highest BCUT2D eigenvalue weighted by molar-refractivity contribution is 5.84. The molecule has 2 aromatic heterocycles. The lowest BCUT2D eigenvalue weighted by atomic mass is 9.91. The first-order valence-electron chi connectivity index (χ1n) is 15.0. The van der Waals surface area contributed by atoms with E-state index in [-0.39, 0.29) is 23.7 Å². The fraction of sp³-hybridized carbons (Fsp3) is 0.444. The summed E-state index contributed by atoms with van der Waals surface area (Å²) >= 11 is 0. The van der Waals surface area contributed by atoms with E-state index >= 15 is 0 Å². The van der Waals surface area contributed by atoms with Crippen molar-refractivity contribution in [3.63, 3.8) is 0 Å². The van der Waals surface area contributed by atoms with Gasteiger partial charge in [0.1, 0.15) is 12.7 Å². The van der Waals surface area contributed by atoms with Crippen LogP contribution in [-0.2, 0) is 18.0 Å². The summed E-state index contributed by atoms with van der Waals surface area (Å²) in [4.78, 5) is 34.5. The molecule has 0 aliphatic rings. The van der Waals surface area contributed by atoms with Crippen LogP contribution in [0.3, 0.4) is 0 Å². The van der Waals surface area contributed by atoms with E-state index in [1.165, 1.54) is 22.3 Å². The maximum Gasteiger partial charge on any atom is 0.237 e. The Morgan fingerprint density at radius 1 is 0.698 bits per heavy atom. The van der Waals surface area contributed by atoms with Crippen LogP contribution in [0.15, 0.2) is 61.4 Å². The largest absolute Gasteiger partial charge is 0.372 e. The molecule has 7 nitrogen and oxygen atoms in total. The topological polar surface area (TPSA) is 79.0 Å². The minimum Gasteiger partial charge on any atom is -0.372 e. The molecule has 7 heteroatoms. The quantitative estimate of drug-likeness (QED) is 0.210. The standard InChI is InChI=1S/C36H46N4O3/c1-23-27(13-11-15-29(23)25(3)31-17-39(21-37-31)33(41)35(5,6)7)19-43-20-28-14-12-16-30(24(28)2)26(4)32-18-40(22-38-32)34(42)36(8,9)10/h11-18,21-22,25-26H,19-20H2,1-10H3/t25-,26-/m0/s1. The van der Waals surface area contributed by atoms with E-state index in [1.54, 1.807) is 21.8 Å². The average Bonchev–Trinajstić information content (AvgIpc) is 3.63. The molecule has 0 spiro atoms. The summed E-state index contributed by atoms with van der Waals surface area (Å²) in [6.45, 7) is 21.0. The lowest BCUT2D eigenvalue weighted by Crippen LogP contribution is -2.25. The Morgan fingerprint density at radius 3 is 1.42 bits per heavy atom. The van der Waals surface area contributed by atoms with Crippen LogP contribution >= 0.6 is 0 Å². The first-order chi connectivity index (χ1) is 20.1. The summed E-state index contributed by atoms with van der Waals surface area (Å²) in [5.41, 5.74) is 7.74.